The molecule has 3 aromatic rings. The van der Waals surface area contributed by atoms with Crippen molar-refractivity contribution in [2.75, 3.05) is 13.6 Å². The number of hydrogen-bond donors (Lipinski definition) is 3. The van der Waals surface area contributed by atoms with Gasteiger partial charge >= 0.3 is 10.4 Å². The summed E-state index contributed by atoms with van der Waals surface area (Å²) in [7, 11) is -2.73. The molecule has 3 N–H and O–H groups in total. The van der Waals surface area contributed by atoms with Crippen molar-refractivity contribution in [3.05, 3.63) is 66.6 Å². The molecule has 0 bridgehead atoms. The van der Waals surface area contributed by atoms with E-state index in [0.717, 1.165) is 29.9 Å². The van der Waals surface area contributed by atoms with E-state index in [0.29, 0.717) is 0 Å². The standard InChI is InChI=1S/C18H19NO2.H2O4S/c1-19-12-11-18(17-10-5-13-20-17)21-16-9-4-7-14-6-2-3-8-15(14)16;1-5(2,3)4/h2-10,13,18-19H,11-12H2,1H3;(H2,1,2,3,4)/t18-;/m1./s1. The van der Waals surface area contributed by atoms with Gasteiger partial charge in [-0.1, -0.05) is 36.4 Å². The van der Waals surface area contributed by atoms with Gasteiger partial charge in [-0.3, -0.25) is 9.11 Å². The number of ether oxygens (including phenoxy) is 1. The molecule has 0 unspecified atom stereocenters. The molecule has 2 aromatic carbocycles. The van der Waals surface area contributed by atoms with Crippen LogP contribution < -0.4 is 10.1 Å². The summed E-state index contributed by atoms with van der Waals surface area (Å²) in [6.07, 6.45) is 2.46. The van der Waals surface area contributed by atoms with Gasteiger partial charge in [-0.2, -0.15) is 8.42 Å². The fourth-order valence-corrected chi connectivity index (χ4v) is 2.46. The number of furan rings is 1. The molecule has 0 spiro atoms. The lowest BCUT2D eigenvalue weighted by atomic mass is 10.1. The molecule has 7 nitrogen and oxygen atoms in total. The molecule has 1 heterocycles. The Hall–Kier alpha value is -2.39. The Morgan fingerprint density at radius 2 is 1.77 bits per heavy atom. The van der Waals surface area contributed by atoms with Crippen LogP contribution in [0.2, 0.25) is 0 Å². The highest BCUT2D eigenvalue weighted by Gasteiger charge is 2.17. The largest absolute Gasteiger partial charge is 0.482 e. The summed E-state index contributed by atoms with van der Waals surface area (Å²) < 4.78 is 43.3. The maximum Gasteiger partial charge on any atom is 0.394 e. The van der Waals surface area contributed by atoms with Gasteiger partial charge < -0.3 is 14.5 Å². The number of nitrogens with one attached hydrogen (secondary N) is 1. The first kappa shape index (κ1) is 19.9. The second kappa shape index (κ2) is 9.35. The van der Waals surface area contributed by atoms with Crippen LogP contribution in [0.1, 0.15) is 18.3 Å². The molecule has 0 radical (unpaired) electrons. The Balaban J connectivity index is 0.000000431. The molecule has 8 heteroatoms. The maximum absolute atomic E-state index is 8.74. The molecule has 140 valence electrons. The zero-order chi connectivity index (χ0) is 19.0. The Morgan fingerprint density at radius 3 is 2.42 bits per heavy atom. The molecule has 0 saturated carbocycles. The molecule has 0 fully saturated rings. The minimum absolute atomic E-state index is 0.0849. The quantitative estimate of drug-likeness (QED) is 0.562. The van der Waals surface area contributed by atoms with E-state index in [1.54, 1.807) is 6.26 Å². The number of fused-ring (bicyclic) bond motifs is 1. The number of benzene rings is 2. The van der Waals surface area contributed by atoms with Gasteiger partial charge in [0.25, 0.3) is 0 Å². The molecule has 0 amide bonds. The predicted octanol–water partition coefficient (Wildman–Crippen LogP) is 3.51. The molecule has 0 saturated heterocycles. The Kier molecular flexibility index (Phi) is 7.16. The third kappa shape index (κ3) is 6.49. The van der Waals surface area contributed by atoms with Crippen molar-refractivity contribution in [3.8, 4) is 5.75 Å². The highest BCUT2D eigenvalue weighted by molar-refractivity contribution is 7.79. The van der Waals surface area contributed by atoms with Crippen molar-refractivity contribution in [2.45, 2.75) is 12.5 Å². The molecule has 26 heavy (non-hydrogen) atoms. The summed E-state index contributed by atoms with van der Waals surface area (Å²) in [5.74, 6) is 1.75. The van der Waals surface area contributed by atoms with Gasteiger partial charge in [0.2, 0.25) is 0 Å². The van der Waals surface area contributed by atoms with E-state index in [2.05, 4.69) is 23.5 Å². The van der Waals surface area contributed by atoms with Crippen molar-refractivity contribution in [2.24, 2.45) is 0 Å². The highest BCUT2D eigenvalue weighted by atomic mass is 32.3. The lowest BCUT2D eigenvalue weighted by Gasteiger charge is -2.18. The fourth-order valence-electron chi connectivity index (χ4n) is 2.46. The molecule has 3 rings (SSSR count). The molecular weight excluding hydrogens is 358 g/mol. The van der Waals surface area contributed by atoms with Crippen LogP contribution in [-0.4, -0.2) is 31.1 Å². The molecular formula is C18H21NO6S. The normalized spacial score (nSPS) is 12.3. The Bertz CT molecular complexity index is 895. The summed E-state index contributed by atoms with van der Waals surface area (Å²) in [5, 5.41) is 5.47. The minimum Gasteiger partial charge on any atom is -0.482 e. The summed E-state index contributed by atoms with van der Waals surface area (Å²) in [6.45, 7) is 0.871. The van der Waals surface area contributed by atoms with Crippen LogP contribution in [-0.2, 0) is 10.4 Å². The van der Waals surface area contributed by atoms with Crippen molar-refractivity contribution < 1.29 is 26.7 Å². The first-order valence-electron chi connectivity index (χ1n) is 7.91. The van der Waals surface area contributed by atoms with E-state index < -0.39 is 10.4 Å². The van der Waals surface area contributed by atoms with E-state index in [4.69, 9.17) is 26.7 Å². The zero-order valence-electron chi connectivity index (χ0n) is 14.2. The Labute approximate surface area is 152 Å². The van der Waals surface area contributed by atoms with Crippen LogP contribution in [0.5, 0.6) is 5.75 Å². The van der Waals surface area contributed by atoms with Crippen LogP contribution in [0.3, 0.4) is 0 Å². The van der Waals surface area contributed by atoms with Crippen LogP contribution in [0.4, 0.5) is 0 Å². The minimum atomic E-state index is -4.67. The SMILES string of the molecule is CNCC[C@@H](Oc1cccc2ccccc12)c1ccco1.O=S(=O)(O)O. The average Bonchev–Trinajstić information content (AvgIpc) is 3.12. The van der Waals surface area contributed by atoms with Crippen LogP contribution >= 0.6 is 0 Å². The van der Waals surface area contributed by atoms with E-state index >= 15 is 0 Å². The van der Waals surface area contributed by atoms with Gasteiger partial charge in [0.1, 0.15) is 11.5 Å². The van der Waals surface area contributed by atoms with Gasteiger partial charge in [0.15, 0.2) is 6.10 Å². The smallest absolute Gasteiger partial charge is 0.394 e. The van der Waals surface area contributed by atoms with Gasteiger partial charge in [-0.25, -0.2) is 0 Å². The van der Waals surface area contributed by atoms with Crippen molar-refractivity contribution in [3.63, 3.8) is 0 Å². The van der Waals surface area contributed by atoms with E-state index in [9.17, 15) is 0 Å². The molecule has 0 aliphatic carbocycles. The molecule has 0 aliphatic heterocycles. The van der Waals surface area contributed by atoms with Crippen LogP contribution in [0.15, 0.2) is 65.3 Å². The first-order valence-corrected chi connectivity index (χ1v) is 9.30. The van der Waals surface area contributed by atoms with Gasteiger partial charge in [0, 0.05) is 11.8 Å². The van der Waals surface area contributed by atoms with Crippen molar-refractivity contribution in [1.29, 1.82) is 0 Å². The van der Waals surface area contributed by atoms with E-state index in [1.807, 2.05) is 43.4 Å². The molecule has 0 aliphatic rings. The van der Waals surface area contributed by atoms with Crippen molar-refractivity contribution in [1.82, 2.24) is 5.32 Å². The van der Waals surface area contributed by atoms with Gasteiger partial charge in [-0.05, 0) is 37.2 Å². The number of rotatable bonds is 6. The Morgan fingerprint density at radius 1 is 1.08 bits per heavy atom. The average molecular weight is 379 g/mol. The summed E-state index contributed by atoms with van der Waals surface area (Å²) in [4.78, 5) is 0. The van der Waals surface area contributed by atoms with Crippen LogP contribution in [0.25, 0.3) is 10.8 Å². The fraction of sp³-hybridized carbons (Fsp3) is 0.222. The second-order valence-electron chi connectivity index (χ2n) is 5.44. The highest BCUT2D eigenvalue weighted by Crippen LogP contribution is 2.31. The van der Waals surface area contributed by atoms with Gasteiger partial charge in [0.05, 0.1) is 6.26 Å². The second-order valence-corrected chi connectivity index (χ2v) is 6.33. The van der Waals surface area contributed by atoms with Gasteiger partial charge in [-0.15, -0.1) is 0 Å². The third-order valence-electron chi connectivity index (χ3n) is 3.54. The lowest BCUT2D eigenvalue weighted by Crippen LogP contribution is -2.16. The predicted molar refractivity (Wildman–Crippen MR) is 98.7 cm³/mol. The first-order chi connectivity index (χ1) is 12.4. The lowest BCUT2D eigenvalue weighted by molar-refractivity contribution is 0.168. The molecule has 1 aromatic heterocycles. The number of hydrogen-bond acceptors (Lipinski definition) is 5. The monoisotopic (exact) mass is 379 g/mol. The van der Waals surface area contributed by atoms with Crippen molar-refractivity contribution >= 4 is 21.2 Å². The van der Waals surface area contributed by atoms with E-state index in [-0.39, 0.29) is 6.10 Å². The third-order valence-corrected chi connectivity index (χ3v) is 3.54. The molecule has 1 atom stereocenters. The summed E-state index contributed by atoms with van der Waals surface area (Å²) in [6, 6.07) is 18.2. The topological polar surface area (TPSA) is 109 Å². The van der Waals surface area contributed by atoms with Crippen LogP contribution in [0, 0.1) is 0 Å². The maximum atomic E-state index is 8.74. The zero-order valence-corrected chi connectivity index (χ0v) is 15.0. The van der Waals surface area contributed by atoms with E-state index in [1.165, 1.54) is 5.39 Å². The summed E-state index contributed by atoms with van der Waals surface area (Å²) >= 11 is 0. The summed E-state index contributed by atoms with van der Waals surface area (Å²) in [5.41, 5.74) is 0.